The maximum absolute atomic E-state index is 11.9. The molecule has 1 fully saturated rings. The van der Waals surface area contributed by atoms with Gasteiger partial charge in [-0.25, -0.2) is 0 Å². The highest BCUT2D eigenvalue weighted by atomic mass is 16.1. The van der Waals surface area contributed by atoms with Gasteiger partial charge >= 0.3 is 0 Å². The summed E-state index contributed by atoms with van der Waals surface area (Å²) in [7, 11) is 0. The van der Waals surface area contributed by atoms with Crippen LogP contribution in [0.25, 0.3) is 0 Å². The molecule has 4 nitrogen and oxygen atoms in total. The van der Waals surface area contributed by atoms with Gasteiger partial charge in [-0.2, -0.15) is 0 Å². The van der Waals surface area contributed by atoms with E-state index in [1.54, 1.807) is 24.5 Å². The van der Waals surface area contributed by atoms with Crippen LogP contribution in [0.15, 0.2) is 24.5 Å². The van der Waals surface area contributed by atoms with Crippen molar-refractivity contribution in [2.45, 2.75) is 25.3 Å². The van der Waals surface area contributed by atoms with Gasteiger partial charge in [0.15, 0.2) is 0 Å². The van der Waals surface area contributed by atoms with E-state index < -0.39 is 0 Å². The van der Waals surface area contributed by atoms with E-state index in [1.807, 2.05) is 0 Å². The van der Waals surface area contributed by atoms with Crippen molar-refractivity contribution in [3.63, 3.8) is 0 Å². The van der Waals surface area contributed by atoms with Crippen molar-refractivity contribution >= 4 is 5.91 Å². The summed E-state index contributed by atoms with van der Waals surface area (Å²) >= 11 is 0. The summed E-state index contributed by atoms with van der Waals surface area (Å²) in [6.45, 7) is 0.654. The summed E-state index contributed by atoms with van der Waals surface area (Å²) in [5.41, 5.74) is 6.34. The van der Waals surface area contributed by atoms with Crippen molar-refractivity contribution < 1.29 is 4.79 Å². The van der Waals surface area contributed by atoms with E-state index in [0.29, 0.717) is 18.0 Å². The average molecular weight is 219 g/mol. The Bertz CT molecular complexity index is 353. The van der Waals surface area contributed by atoms with Crippen molar-refractivity contribution in [3.05, 3.63) is 30.1 Å². The van der Waals surface area contributed by atoms with Gasteiger partial charge in [-0.1, -0.05) is 6.42 Å². The van der Waals surface area contributed by atoms with Crippen LogP contribution in [0.3, 0.4) is 0 Å². The number of aromatic nitrogens is 1. The third-order valence-electron chi connectivity index (χ3n) is 3.22. The Morgan fingerprint density at radius 1 is 1.44 bits per heavy atom. The lowest BCUT2D eigenvalue weighted by Gasteiger charge is -2.19. The minimum absolute atomic E-state index is 0.0206. The van der Waals surface area contributed by atoms with E-state index in [2.05, 4.69) is 10.3 Å². The molecule has 1 aromatic rings. The molecule has 2 atom stereocenters. The fraction of sp³-hybridized carbons (Fsp3) is 0.500. The number of carbonyl (C=O) groups excluding carboxylic acids is 1. The van der Waals surface area contributed by atoms with E-state index in [0.717, 1.165) is 19.3 Å². The Morgan fingerprint density at radius 2 is 2.19 bits per heavy atom. The highest BCUT2D eigenvalue weighted by molar-refractivity contribution is 5.94. The minimum atomic E-state index is -0.0206. The van der Waals surface area contributed by atoms with Crippen LogP contribution < -0.4 is 11.1 Å². The smallest absolute Gasteiger partial charge is 0.251 e. The first-order valence-electron chi connectivity index (χ1n) is 5.72. The molecule has 0 aromatic carbocycles. The number of hydrogen-bond acceptors (Lipinski definition) is 3. The van der Waals surface area contributed by atoms with Gasteiger partial charge in [0.05, 0.1) is 0 Å². The lowest BCUT2D eigenvalue weighted by Crippen LogP contribution is -2.39. The molecule has 1 saturated carbocycles. The molecule has 3 N–H and O–H groups in total. The molecule has 1 aromatic heterocycles. The normalized spacial score (nSPS) is 24.3. The van der Waals surface area contributed by atoms with Gasteiger partial charge in [0, 0.05) is 24.0 Å². The van der Waals surface area contributed by atoms with Gasteiger partial charge in [0.25, 0.3) is 5.91 Å². The number of pyridine rings is 1. The molecule has 16 heavy (non-hydrogen) atoms. The molecule has 1 aliphatic carbocycles. The second-order valence-corrected chi connectivity index (χ2v) is 4.24. The SMILES string of the molecule is NCC1CCCC1NC(=O)c1ccncc1. The molecule has 1 aliphatic rings. The van der Waals surface area contributed by atoms with Gasteiger partial charge in [0.2, 0.25) is 0 Å². The highest BCUT2D eigenvalue weighted by Crippen LogP contribution is 2.24. The standard InChI is InChI=1S/C12H17N3O/c13-8-10-2-1-3-11(10)15-12(16)9-4-6-14-7-5-9/h4-7,10-11H,1-3,8,13H2,(H,15,16). The van der Waals surface area contributed by atoms with Crippen molar-refractivity contribution in [1.29, 1.82) is 0 Å². The lowest BCUT2D eigenvalue weighted by molar-refractivity contribution is 0.0928. The number of carbonyl (C=O) groups is 1. The van der Waals surface area contributed by atoms with Crippen LogP contribution in [0, 0.1) is 5.92 Å². The van der Waals surface area contributed by atoms with E-state index in [9.17, 15) is 4.79 Å². The monoisotopic (exact) mass is 219 g/mol. The molecule has 0 aliphatic heterocycles. The van der Waals surface area contributed by atoms with Crippen molar-refractivity contribution in [1.82, 2.24) is 10.3 Å². The van der Waals surface area contributed by atoms with Crippen molar-refractivity contribution in [2.24, 2.45) is 11.7 Å². The molecular formula is C12H17N3O. The van der Waals surface area contributed by atoms with Gasteiger partial charge < -0.3 is 11.1 Å². The molecule has 86 valence electrons. The zero-order valence-electron chi connectivity index (χ0n) is 9.23. The Morgan fingerprint density at radius 3 is 2.88 bits per heavy atom. The summed E-state index contributed by atoms with van der Waals surface area (Å²) in [6.07, 6.45) is 6.58. The minimum Gasteiger partial charge on any atom is -0.349 e. The molecule has 2 unspecified atom stereocenters. The number of hydrogen-bond donors (Lipinski definition) is 2. The molecule has 2 rings (SSSR count). The first-order valence-corrected chi connectivity index (χ1v) is 5.72. The largest absolute Gasteiger partial charge is 0.349 e. The molecule has 4 heteroatoms. The fourth-order valence-corrected chi connectivity index (χ4v) is 2.26. The van der Waals surface area contributed by atoms with Crippen LogP contribution in [0.2, 0.25) is 0 Å². The van der Waals surface area contributed by atoms with E-state index >= 15 is 0 Å². The summed E-state index contributed by atoms with van der Waals surface area (Å²) in [5, 5.41) is 3.05. The maximum Gasteiger partial charge on any atom is 0.251 e. The third kappa shape index (κ3) is 2.39. The zero-order chi connectivity index (χ0) is 11.4. The second-order valence-electron chi connectivity index (χ2n) is 4.24. The molecule has 0 spiro atoms. The van der Waals surface area contributed by atoms with Crippen LogP contribution >= 0.6 is 0 Å². The molecule has 0 bridgehead atoms. The first-order chi connectivity index (χ1) is 7.81. The Labute approximate surface area is 95.3 Å². The predicted octanol–water partition coefficient (Wildman–Crippen LogP) is 0.939. The van der Waals surface area contributed by atoms with Gasteiger partial charge in [-0.15, -0.1) is 0 Å². The Kier molecular flexibility index (Phi) is 3.51. The van der Waals surface area contributed by atoms with Crippen LogP contribution in [-0.4, -0.2) is 23.5 Å². The Balaban J connectivity index is 1.97. The van der Waals surface area contributed by atoms with Gasteiger partial charge in [-0.3, -0.25) is 9.78 Å². The summed E-state index contributed by atoms with van der Waals surface area (Å²) in [6, 6.07) is 3.69. The lowest BCUT2D eigenvalue weighted by atomic mass is 10.0. The van der Waals surface area contributed by atoms with Crippen molar-refractivity contribution in [3.8, 4) is 0 Å². The number of nitrogens with one attached hydrogen (secondary N) is 1. The molecular weight excluding hydrogens is 202 g/mol. The van der Waals surface area contributed by atoms with E-state index in [1.165, 1.54) is 0 Å². The van der Waals surface area contributed by atoms with Crippen LogP contribution in [0.1, 0.15) is 29.6 Å². The quantitative estimate of drug-likeness (QED) is 0.795. The summed E-state index contributed by atoms with van der Waals surface area (Å²) in [4.78, 5) is 15.8. The molecule has 1 heterocycles. The van der Waals surface area contributed by atoms with E-state index in [-0.39, 0.29) is 11.9 Å². The summed E-state index contributed by atoms with van der Waals surface area (Å²) in [5.74, 6) is 0.415. The number of rotatable bonds is 3. The zero-order valence-corrected chi connectivity index (χ0v) is 9.23. The number of nitrogens with zero attached hydrogens (tertiary/aromatic N) is 1. The van der Waals surface area contributed by atoms with Crippen LogP contribution in [-0.2, 0) is 0 Å². The molecule has 0 saturated heterocycles. The summed E-state index contributed by atoms with van der Waals surface area (Å²) < 4.78 is 0. The second kappa shape index (κ2) is 5.07. The average Bonchev–Trinajstić information content (AvgIpc) is 2.77. The fourth-order valence-electron chi connectivity index (χ4n) is 2.26. The first kappa shape index (κ1) is 11.1. The Hall–Kier alpha value is -1.42. The topological polar surface area (TPSA) is 68.0 Å². The predicted molar refractivity (Wildman–Crippen MR) is 61.9 cm³/mol. The number of nitrogens with two attached hydrogens (primary N) is 1. The highest BCUT2D eigenvalue weighted by Gasteiger charge is 2.27. The van der Waals surface area contributed by atoms with Gasteiger partial charge in [-0.05, 0) is 37.4 Å². The number of amides is 1. The van der Waals surface area contributed by atoms with Crippen LogP contribution in [0.5, 0.6) is 0 Å². The van der Waals surface area contributed by atoms with Crippen LogP contribution in [0.4, 0.5) is 0 Å². The third-order valence-corrected chi connectivity index (χ3v) is 3.22. The van der Waals surface area contributed by atoms with E-state index in [4.69, 9.17) is 5.73 Å². The van der Waals surface area contributed by atoms with Crippen molar-refractivity contribution in [2.75, 3.05) is 6.54 Å². The van der Waals surface area contributed by atoms with Gasteiger partial charge in [0.1, 0.15) is 0 Å². The molecule has 1 amide bonds. The maximum atomic E-state index is 11.9. The molecule has 0 radical (unpaired) electrons.